The Bertz CT molecular complexity index is 713. The van der Waals surface area contributed by atoms with Crippen LogP contribution in [0, 0.1) is 0 Å². The summed E-state index contributed by atoms with van der Waals surface area (Å²) in [7, 11) is -0.419. The Hall–Kier alpha value is -1.42. The normalized spacial score (nSPS) is 12.0. The standard InChI is InChI=1S/C12H16N4O3S2/c1-16(2)21(17,18)10-5-3-4-9(6-10)8-20-12-15-14-11(7-13)19-12/h3-6H,7-8,13H2,1-2H3. The number of rotatable bonds is 6. The molecule has 0 radical (unpaired) electrons. The highest BCUT2D eigenvalue weighted by molar-refractivity contribution is 7.98. The van der Waals surface area contributed by atoms with Crippen LogP contribution in [0.25, 0.3) is 0 Å². The van der Waals surface area contributed by atoms with Gasteiger partial charge in [0.05, 0.1) is 11.4 Å². The second-order valence-corrected chi connectivity index (χ2v) is 7.47. The van der Waals surface area contributed by atoms with E-state index in [9.17, 15) is 8.42 Å². The molecule has 0 atom stereocenters. The molecule has 21 heavy (non-hydrogen) atoms. The molecule has 0 saturated carbocycles. The van der Waals surface area contributed by atoms with Crippen LogP contribution in [0.1, 0.15) is 11.5 Å². The number of nitrogens with zero attached hydrogens (tertiary/aromatic N) is 3. The van der Waals surface area contributed by atoms with Gasteiger partial charge in [0.1, 0.15) is 0 Å². The van der Waals surface area contributed by atoms with Crippen molar-refractivity contribution < 1.29 is 12.8 Å². The summed E-state index contributed by atoms with van der Waals surface area (Å²) in [6.07, 6.45) is 0. The minimum atomic E-state index is -3.43. The fraction of sp³-hybridized carbons (Fsp3) is 0.333. The minimum Gasteiger partial charge on any atom is -0.415 e. The molecule has 1 heterocycles. The van der Waals surface area contributed by atoms with Crippen LogP contribution in [-0.2, 0) is 22.3 Å². The Morgan fingerprint density at radius 1 is 1.33 bits per heavy atom. The zero-order valence-corrected chi connectivity index (χ0v) is 13.3. The van der Waals surface area contributed by atoms with Crippen LogP contribution < -0.4 is 5.73 Å². The lowest BCUT2D eigenvalue weighted by Crippen LogP contribution is -2.22. The van der Waals surface area contributed by atoms with Gasteiger partial charge in [0.25, 0.3) is 5.22 Å². The molecule has 0 aliphatic rings. The molecule has 0 amide bonds. The first-order valence-electron chi connectivity index (χ1n) is 6.10. The van der Waals surface area contributed by atoms with Crippen LogP contribution in [0.4, 0.5) is 0 Å². The number of hydrogen-bond donors (Lipinski definition) is 1. The zero-order chi connectivity index (χ0) is 15.5. The highest BCUT2D eigenvalue weighted by Crippen LogP contribution is 2.23. The van der Waals surface area contributed by atoms with Gasteiger partial charge in [-0.2, -0.15) is 0 Å². The predicted molar refractivity (Wildman–Crippen MR) is 79.1 cm³/mol. The van der Waals surface area contributed by atoms with Gasteiger partial charge in [-0.3, -0.25) is 0 Å². The minimum absolute atomic E-state index is 0.199. The summed E-state index contributed by atoms with van der Waals surface area (Å²) in [5.74, 6) is 0.907. The van der Waals surface area contributed by atoms with Crippen molar-refractivity contribution in [2.45, 2.75) is 22.4 Å². The maximum atomic E-state index is 12.1. The summed E-state index contributed by atoms with van der Waals surface area (Å²) in [5, 5.41) is 8.02. The Balaban J connectivity index is 2.11. The topological polar surface area (TPSA) is 102 Å². The van der Waals surface area contributed by atoms with E-state index in [0.29, 0.717) is 16.9 Å². The summed E-state index contributed by atoms with van der Waals surface area (Å²) in [4.78, 5) is 0.263. The number of nitrogens with two attached hydrogens (primary N) is 1. The van der Waals surface area contributed by atoms with E-state index in [1.165, 1.54) is 30.2 Å². The van der Waals surface area contributed by atoms with Crippen molar-refractivity contribution in [2.75, 3.05) is 14.1 Å². The summed E-state index contributed by atoms with van der Waals surface area (Å²) < 4.78 is 30.6. The van der Waals surface area contributed by atoms with Crippen molar-refractivity contribution in [3.63, 3.8) is 0 Å². The van der Waals surface area contributed by atoms with Gasteiger partial charge >= 0.3 is 0 Å². The van der Waals surface area contributed by atoms with E-state index < -0.39 is 10.0 Å². The average molecular weight is 328 g/mol. The van der Waals surface area contributed by atoms with Crippen LogP contribution >= 0.6 is 11.8 Å². The maximum Gasteiger partial charge on any atom is 0.276 e. The smallest absolute Gasteiger partial charge is 0.276 e. The molecule has 0 fully saturated rings. The summed E-state index contributed by atoms with van der Waals surface area (Å²) in [6.45, 7) is 0.199. The summed E-state index contributed by atoms with van der Waals surface area (Å²) >= 11 is 1.33. The number of thioether (sulfide) groups is 1. The van der Waals surface area contributed by atoms with Crippen LogP contribution in [0.15, 0.2) is 38.8 Å². The molecule has 0 bridgehead atoms. The maximum absolute atomic E-state index is 12.1. The number of benzene rings is 1. The summed E-state index contributed by atoms with van der Waals surface area (Å²) in [5.41, 5.74) is 6.25. The molecule has 7 nitrogen and oxygen atoms in total. The molecular weight excluding hydrogens is 312 g/mol. The van der Waals surface area contributed by atoms with Gasteiger partial charge in [0.2, 0.25) is 15.9 Å². The Kier molecular flexibility index (Phi) is 4.99. The quantitative estimate of drug-likeness (QED) is 0.791. The van der Waals surface area contributed by atoms with Gasteiger partial charge in [0.15, 0.2) is 0 Å². The molecule has 0 aliphatic carbocycles. The van der Waals surface area contributed by atoms with Crippen LogP contribution in [-0.4, -0.2) is 37.0 Å². The third kappa shape index (κ3) is 3.82. The molecular formula is C12H16N4O3S2. The largest absolute Gasteiger partial charge is 0.415 e. The third-order valence-corrected chi connectivity index (χ3v) is 5.36. The van der Waals surface area contributed by atoms with Crippen molar-refractivity contribution in [2.24, 2.45) is 5.73 Å². The van der Waals surface area contributed by atoms with E-state index in [1.54, 1.807) is 18.2 Å². The van der Waals surface area contributed by atoms with Crippen molar-refractivity contribution in [3.05, 3.63) is 35.7 Å². The van der Waals surface area contributed by atoms with E-state index in [1.807, 2.05) is 6.07 Å². The Morgan fingerprint density at radius 3 is 2.71 bits per heavy atom. The van der Waals surface area contributed by atoms with Gasteiger partial charge in [-0.1, -0.05) is 23.9 Å². The third-order valence-electron chi connectivity index (χ3n) is 2.66. The van der Waals surface area contributed by atoms with Crippen molar-refractivity contribution in [1.82, 2.24) is 14.5 Å². The lowest BCUT2D eigenvalue weighted by molar-refractivity contribution is 0.415. The molecule has 0 aliphatic heterocycles. The molecule has 0 saturated heterocycles. The van der Waals surface area contributed by atoms with Crippen LogP contribution in [0.5, 0.6) is 0 Å². The number of hydrogen-bond acceptors (Lipinski definition) is 7. The van der Waals surface area contributed by atoms with Crippen LogP contribution in [0.2, 0.25) is 0 Å². The lowest BCUT2D eigenvalue weighted by Gasteiger charge is -2.11. The Morgan fingerprint density at radius 2 is 2.10 bits per heavy atom. The number of aromatic nitrogens is 2. The first-order valence-corrected chi connectivity index (χ1v) is 8.53. The second kappa shape index (κ2) is 6.56. The molecule has 2 N–H and O–H groups in total. The number of sulfonamides is 1. The SMILES string of the molecule is CN(C)S(=O)(=O)c1cccc(CSc2nnc(CN)o2)c1. The van der Waals surface area contributed by atoms with Gasteiger partial charge in [-0.05, 0) is 17.7 Å². The van der Waals surface area contributed by atoms with Crippen molar-refractivity contribution >= 4 is 21.8 Å². The van der Waals surface area contributed by atoms with E-state index in [0.717, 1.165) is 5.56 Å². The van der Waals surface area contributed by atoms with E-state index in [2.05, 4.69) is 10.2 Å². The van der Waals surface area contributed by atoms with Gasteiger partial charge in [-0.25, -0.2) is 12.7 Å². The lowest BCUT2D eigenvalue weighted by atomic mass is 10.2. The van der Waals surface area contributed by atoms with Gasteiger partial charge in [0, 0.05) is 19.8 Å². The predicted octanol–water partition coefficient (Wildman–Crippen LogP) is 1.07. The molecule has 1 aromatic carbocycles. The first kappa shape index (κ1) is 16.0. The first-order chi connectivity index (χ1) is 9.93. The van der Waals surface area contributed by atoms with Crippen molar-refractivity contribution in [3.8, 4) is 0 Å². The molecule has 114 valence electrons. The van der Waals surface area contributed by atoms with E-state index >= 15 is 0 Å². The molecule has 1 aromatic heterocycles. The van der Waals surface area contributed by atoms with E-state index in [4.69, 9.17) is 10.2 Å². The molecule has 0 unspecified atom stereocenters. The summed E-state index contributed by atoms with van der Waals surface area (Å²) in [6, 6.07) is 6.78. The molecule has 0 spiro atoms. The van der Waals surface area contributed by atoms with Crippen LogP contribution in [0.3, 0.4) is 0 Å². The Labute approximate surface area is 127 Å². The van der Waals surface area contributed by atoms with Crippen molar-refractivity contribution in [1.29, 1.82) is 0 Å². The van der Waals surface area contributed by atoms with Gasteiger partial charge < -0.3 is 10.2 Å². The fourth-order valence-corrected chi connectivity index (χ4v) is 3.23. The highest BCUT2D eigenvalue weighted by atomic mass is 32.2. The fourth-order valence-electron chi connectivity index (χ4n) is 1.53. The molecule has 9 heteroatoms. The van der Waals surface area contributed by atoms with Gasteiger partial charge in [-0.15, -0.1) is 10.2 Å². The molecule has 2 rings (SSSR count). The second-order valence-electron chi connectivity index (χ2n) is 4.39. The average Bonchev–Trinajstić information content (AvgIpc) is 2.93. The zero-order valence-electron chi connectivity index (χ0n) is 11.7. The monoisotopic (exact) mass is 328 g/mol. The van der Waals surface area contributed by atoms with E-state index in [-0.39, 0.29) is 11.4 Å². The molecule has 2 aromatic rings. The highest BCUT2D eigenvalue weighted by Gasteiger charge is 2.17.